The van der Waals surface area contributed by atoms with Crippen molar-refractivity contribution in [2.75, 3.05) is 0 Å². The first kappa shape index (κ1) is 26.1. The van der Waals surface area contributed by atoms with E-state index in [1.807, 2.05) is 0 Å². The van der Waals surface area contributed by atoms with Gasteiger partial charge in [0.15, 0.2) is 0 Å². The summed E-state index contributed by atoms with van der Waals surface area (Å²) in [5, 5.41) is 0. The van der Waals surface area contributed by atoms with E-state index in [0.717, 1.165) is 12.8 Å². The molecule has 2 rings (SSSR count). The summed E-state index contributed by atoms with van der Waals surface area (Å²) in [5.74, 6) is 0. The fourth-order valence-corrected chi connectivity index (χ4v) is 2.06. The molecule has 2 aromatic rings. The number of rotatable bonds is 2. The summed E-state index contributed by atoms with van der Waals surface area (Å²) in [5.41, 5.74) is 8.62. The van der Waals surface area contributed by atoms with Crippen LogP contribution < -0.4 is 24.8 Å². The molecular formula is C18H26Cl2Hf. The molecule has 0 amide bonds. The fourth-order valence-electron chi connectivity index (χ4n) is 2.06. The summed E-state index contributed by atoms with van der Waals surface area (Å²) in [7, 11) is 0. The van der Waals surface area contributed by atoms with Gasteiger partial charge in [0, 0.05) is 0 Å². The molecule has 0 aliphatic carbocycles. The van der Waals surface area contributed by atoms with Gasteiger partial charge in [-0.05, 0) is 0 Å². The maximum Gasteiger partial charge on any atom is 4.00 e. The molecule has 3 heteroatoms. The SMILES string of the molecule is CCc1cc(C)[c-](C)c1.CCc1cc(C)[c-](C)c1.[Cl-].[Cl-].[Hf+4]. The van der Waals surface area contributed by atoms with Crippen molar-refractivity contribution in [3.8, 4) is 0 Å². The quantitative estimate of drug-likeness (QED) is 0.380. The molecule has 0 saturated heterocycles. The number of aryl methyl sites for hydroxylation is 6. The van der Waals surface area contributed by atoms with Gasteiger partial charge in [-0.2, -0.15) is 45.5 Å². The molecule has 0 unspecified atom stereocenters. The Morgan fingerprint density at radius 1 is 0.762 bits per heavy atom. The van der Waals surface area contributed by atoms with Crippen molar-refractivity contribution in [1.82, 2.24) is 0 Å². The third-order valence-corrected chi connectivity index (χ3v) is 3.67. The minimum absolute atomic E-state index is 0. The third-order valence-electron chi connectivity index (χ3n) is 3.67. The fraction of sp³-hybridized carbons (Fsp3) is 0.444. The Morgan fingerprint density at radius 3 is 1.14 bits per heavy atom. The van der Waals surface area contributed by atoms with Crippen molar-refractivity contribution in [2.24, 2.45) is 0 Å². The van der Waals surface area contributed by atoms with E-state index in [1.165, 1.54) is 33.4 Å². The molecule has 0 N–H and O–H groups in total. The molecule has 0 saturated carbocycles. The molecular weight excluding hydrogens is 466 g/mol. The van der Waals surface area contributed by atoms with E-state index in [0.29, 0.717) is 0 Å². The molecule has 0 bridgehead atoms. The second kappa shape index (κ2) is 12.7. The second-order valence-corrected chi connectivity index (χ2v) is 5.17. The standard InChI is InChI=1S/2C9H13.2ClH.Hf/c2*1-4-9-5-7(2)8(3)6-9;;;/h2*5-6H,4H2,1-3H3;2*1H;/q2*-1;;;+4/p-2. The monoisotopic (exact) mass is 492 g/mol. The van der Waals surface area contributed by atoms with Crippen LogP contribution in [-0.2, 0) is 38.7 Å². The van der Waals surface area contributed by atoms with Crippen molar-refractivity contribution in [1.29, 1.82) is 0 Å². The van der Waals surface area contributed by atoms with Crippen LogP contribution in [0.5, 0.6) is 0 Å². The van der Waals surface area contributed by atoms with Crippen LogP contribution in [0.15, 0.2) is 24.3 Å². The van der Waals surface area contributed by atoms with E-state index in [1.54, 1.807) is 0 Å². The molecule has 0 nitrogen and oxygen atoms in total. The smallest absolute Gasteiger partial charge is 1.00 e. The molecule has 21 heavy (non-hydrogen) atoms. The summed E-state index contributed by atoms with van der Waals surface area (Å²) in [6.45, 7) is 13.0. The van der Waals surface area contributed by atoms with E-state index in [-0.39, 0.29) is 50.7 Å². The van der Waals surface area contributed by atoms with E-state index in [2.05, 4.69) is 65.8 Å². The van der Waals surface area contributed by atoms with Gasteiger partial charge in [0.1, 0.15) is 0 Å². The Labute approximate surface area is 162 Å². The number of hydrogen-bond acceptors (Lipinski definition) is 0. The topological polar surface area (TPSA) is 0 Å². The summed E-state index contributed by atoms with van der Waals surface area (Å²) in [6.07, 6.45) is 2.32. The van der Waals surface area contributed by atoms with Crippen molar-refractivity contribution in [3.63, 3.8) is 0 Å². The molecule has 0 radical (unpaired) electrons. The van der Waals surface area contributed by atoms with Gasteiger partial charge >= 0.3 is 25.8 Å². The molecule has 0 aliphatic rings. The summed E-state index contributed by atoms with van der Waals surface area (Å²) < 4.78 is 0. The van der Waals surface area contributed by atoms with Gasteiger partial charge in [-0.15, -0.1) is 0 Å². The largest absolute Gasteiger partial charge is 4.00 e. The normalized spacial score (nSPS) is 8.67. The van der Waals surface area contributed by atoms with E-state index in [9.17, 15) is 0 Å². The third kappa shape index (κ3) is 8.38. The molecule has 0 spiro atoms. The van der Waals surface area contributed by atoms with Crippen molar-refractivity contribution >= 4 is 0 Å². The van der Waals surface area contributed by atoms with Gasteiger partial charge in [-0.25, -0.2) is 12.1 Å². The minimum atomic E-state index is 0. The van der Waals surface area contributed by atoms with Gasteiger partial charge in [-0.3, -0.25) is 0 Å². The molecule has 0 aromatic heterocycles. The van der Waals surface area contributed by atoms with Crippen molar-refractivity contribution < 1.29 is 50.7 Å². The zero-order valence-corrected chi connectivity index (χ0v) is 19.1. The maximum atomic E-state index is 2.26. The Hall–Kier alpha value is 0.150. The van der Waals surface area contributed by atoms with Crippen molar-refractivity contribution in [2.45, 2.75) is 54.4 Å². The van der Waals surface area contributed by atoms with Crippen LogP contribution in [-0.4, -0.2) is 0 Å². The zero-order chi connectivity index (χ0) is 13.7. The van der Waals surface area contributed by atoms with Gasteiger partial charge in [0.25, 0.3) is 0 Å². The molecule has 0 atom stereocenters. The molecule has 116 valence electrons. The van der Waals surface area contributed by atoms with Crippen LogP contribution in [0.2, 0.25) is 0 Å². The van der Waals surface area contributed by atoms with Gasteiger partial charge in [0.05, 0.1) is 0 Å². The molecule has 0 aliphatic heterocycles. The molecule has 0 fully saturated rings. The van der Waals surface area contributed by atoms with Gasteiger partial charge < -0.3 is 24.8 Å². The summed E-state index contributed by atoms with van der Waals surface area (Å²) in [4.78, 5) is 0. The Balaban J connectivity index is -0.000000270. The average molecular weight is 492 g/mol. The molecule has 2 aromatic carbocycles. The molecule has 0 heterocycles. The predicted molar refractivity (Wildman–Crippen MR) is 81.8 cm³/mol. The van der Waals surface area contributed by atoms with Gasteiger partial charge in [-0.1, -0.05) is 54.4 Å². The van der Waals surface area contributed by atoms with Gasteiger partial charge in [0.2, 0.25) is 0 Å². The summed E-state index contributed by atoms with van der Waals surface area (Å²) >= 11 is 0. The summed E-state index contributed by atoms with van der Waals surface area (Å²) in [6, 6.07) is 9.04. The van der Waals surface area contributed by atoms with Crippen LogP contribution in [0.4, 0.5) is 0 Å². The number of hydrogen-bond donors (Lipinski definition) is 0. The average Bonchev–Trinajstić information content (AvgIpc) is 2.84. The van der Waals surface area contributed by atoms with E-state index in [4.69, 9.17) is 0 Å². The predicted octanol–water partition coefficient (Wildman–Crippen LogP) is -0.825. The van der Waals surface area contributed by atoms with E-state index >= 15 is 0 Å². The van der Waals surface area contributed by atoms with Crippen LogP contribution >= 0.6 is 0 Å². The Morgan fingerprint density at radius 2 is 1.05 bits per heavy atom. The first-order valence-electron chi connectivity index (χ1n) is 6.93. The Kier molecular flexibility index (Phi) is 15.7. The van der Waals surface area contributed by atoms with Crippen LogP contribution in [0, 0.1) is 27.7 Å². The maximum absolute atomic E-state index is 2.26. The zero-order valence-electron chi connectivity index (χ0n) is 14.0. The van der Waals surface area contributed by atoms with Crippen LogP contribution in [0.1, 0.15) is 47.2 Å². The van der Waals surface area contributed by atoms with Crippen LogP contribution in [0.3, 0.4) is 0 Å². The van der Waals surface area contributed by atoms with E-state index < -0.39 is 0 Å². The first-order valence-corrected chi connectivity index (χ1v) is 6.93. The van der Waals surface area contributed by atoms with Crippen molar-refractivity contribution in [3.05, 3.63) is 57.6 Å². The Bertz CT molecular complexity index is 410. The second-order valence-electron chi connectivity index (χ2n) is 5.17. The number of halogens is 2. The minimum Gasteiger partial charge on any atom is -1.00 e. The first-order chi connectivity index (χ1) is 8.47. The van der Waals surface area contributed by atoms with Crippen LogP contribution in [0.25, 0.3) is 0 Å².